The Morgan fingerprint density at radius 2 is 2.00 bits per heavy atom. The van der Waals surface area contributed by atoms with Gasteiger partial charge in [-0.3, -0.25) is 4.90 Å². The summed E-state index contributed by atoms with van der Waals surface area (Å²) in [6.07, 6.45) is 2.10. The second-order valence-corrected chi connectivity index (χ2v) is 5.89. The Bertz CT molecular complexity index is 429. The molecule has 1 aromatic rings. The number of morpholine rings is 1. The van der Waals surface area contributed by atoms with Crippen LogP contribution in [0.1, 0.15) is 44.4 Å². The van der Waals surface area contributed by atoms with E-state index in [1.54, 1.807) is 0 Å². The summed E-state index contributed by atoms with van der Waals surface area (Å²) in [6.45, 7) is 10.3. The van der Waals surface area contributed by atoms with Crippen LogP contribution in [-0.4, -0.2) is 36.7 Å². The van der Waals surface area contributed by atoms with Crippen LogP contribution in [0.3, 0.4) is 0 Å². The van der Waals surface area contributed by atoms with Crippen molar-refractivity contribution in [3.8, 4) is 0 Å². The Morgan fingerprint density at radius 1 is 1.30 bits per heavy atom. The van der Waals surface area contributed by atoms with E-state index in [2.05, 4.69) is 49.9 Å². The Morgan fingerprint density at radius 3 is 2.60 bits per heavy atom. The molecule has 0 radical (unpaired) electrons. The third-order valence-electron chi connectivity index (χ3n) is 4.84. The van der Waals surface area contributed by atoms with Crippen LogP contribution in [0.25, 0.3) is 0 Å². The largest absolute Gasteiger partial charge is 0.379 e. The molecule has 1 saturated heterocycles. The van der Waals surface area contributed by atoms with Crippen molar-refractivity contribution in [1.29, 1.82) is 0 Å². The maximum absolute atomic E-state index is 6.66. The number of aryl methyl sites for hydroxylation is 1. The highest BCUT2D eigenvalue weighted by Gasteiger charge is 2.37. The molecule has 2 unspecified atom stereocenters. The standard InChI is InChI=1S/C17H28N2O/c1-4-14-7-6-8-15(13-14)16(18)17(3,5-2)19-9-11-20-12-10-19/h6-8,13,16H,4-5,9-12,18H2,1-3H3. The van der Waals surface area contributed by atoms with E-state index in [1.807, 2.05) is 0 Å². The van der Waals surface area contributed by atoms with E-state index in [4.69, 9.17) is 10.5 Å². The number of rotatable bonds is 5. The highest BCUT2D eigenvalue weighted by molar-refractivity contribution is 5.28. The van der Waals surface area contributed by atoms with Crippen molar-refractivity contribution in [1.82, 2.24) is 4.90 Å². The first-order valence-corrected chi connectivity index (χ1v) is 7.79. The molecule has 0 amide bonds. The summed E-state index contributed by atoms with van der Waals surface area (Å²) in [4.78, 5) is 2.50. The van der Waals surface area contributed by atoms with E-state index in [9.17, 15) is 0 Å². The molecule has 1 aromatic carbocycles. The quantitative estimate of drug-likeness (QED) is 0.898. The maximum Gasteiger partial charge on any atom is 0.0594 e. The number of hydrogen-bond acceptors (Lipinski definition) is 3. The Balaban J connectivity index is 2.24. The predicted molar refractivity (Wildman–Crippen MR) is 83.8 cm³/mol. The Kier molecular flexibility index (Phi) is 5.19. The first-order chi connectivity index (χ1) is 9.61. The summed E-state index contributed by atoms with van der Waals surface area (Å²) in [5, 5.41) is 0. The van der Waals surface area contributed by atoms with Crippen molar-refractivity contribution in [3.05, 3.63) is 35.4 Å². The normalized spacial score (nSPS) is 21.4. The topological polar surface area (TPSA) is 38.5 Å². The molecule has 0 saturated carbocycles. The summed E-state index contributed by atoms with van der Waals surface area (Å²) in [6, 6.07) is 8.77. The molecular weight excluding hydrogens is 248 g/mol. The van der Waals surface area contributed by atoms with Gasteiger partial charge < -0.3 is 10.5 Å². The molecule has 0 aromatic heterocycles. The van der Waals surface area contributed by atoms with Gasteiger partial charge in [-0.1, -0.05) is 38.1 Å². The molecular formula is C17H28N2O. The highest BCUT2D eigenvalue weighted by atomic mass is 16.5. The van der Waals surface area contributed by atoms with E-state index in [0.717, 1.165) is 39.1 Å². The van der Waals surface area contributed by atoms with Crippen molar-refractivity contribution >= 4 is 0 Å². The van der Waals surface area contributed by atoms with Gasteiger partial charge in [0.25, 0.3) is 0 Å². The average molecular weight is 276 g/mol. The molecule has 1 heterocycles. The molecule has 2 N–H and O–H groups in total. The average Bonchev–Trinajstić information content (AvgIpc) is 2.54. The molecule has 0 spiro atoms. The zero-order valence-electron chi connectivity index (χ0n) is 13.1. The summed E-state index contributed by atoms with van der Waals surface area (Å²) in [5.41, 5.74) is 9.26. The lowest BCUT2D eigenvalue weighted by Crippen LogP contribution is -2.56. The van der Waals surface area contributed by atoms with Gasteiger partial charge in [0, 0.05) is 24.7 Å². The van der Waals surface area contributed by atoms with Crippen LogP contribution < -0.4 is 5.73 Å². The third-order valence-corrected chi connectivity index (χ3v) is 4.84. The first-order valence-electron chi connectivity index (χ1n) is 7.79. The van der Waals surface area contributed by atoms with E-state index < -0.39 is 0 Å². The van der Waals surface area contributed by atoms with Gasteiger partial charge in [-0.2, -0.15) is 0 Å². The van der Waals surface area contributed by atoms with Crippen molar-refractivity contribution in [2.24, 2.45) is 5.73 Å². The van der Waals surface area contributed by atoms with Gasteiger partial charge in [0.2, 0.25) is 0 Å². The van der Waals surface area contributed by atoms with Crippen LogP contribution in [0.2, 0.25) is 0 Å². The minimum Gasteiger partial charge on any atom is -0.379 e. The fraction of sp³-hybridized carbons (Fsp3) is 0.647. The van der Waals surface area contributed by atoms with Crippen LogP contribution in [-0.2, 0) is 11.2 Å². The van der Waals surface area contributed by atoms with Gasteiger partial charge in [0.15, 0.2) is 0 Å². The number of benzene rings is 1. The van der Waals surface area contributed by atoms with Crippen molar-refractivity contribution in [3.63, 3.8) is 0 Å². The zero-order chi connectivity index (χ0) is 14.6. The molecule has 0 bridgehead atoms. The van der Waals surface area contributed by atoms with E-state index in [1.165, 1.54) is 11.1 Å². The smallest absolute Gasteiger partial charge is 0.0594 e. The number of nitrogens with zero attached hydrogens (tertiary/aromatic N) is 1. The Hall–Kier alpha value is -0.900. The number of nitrogens with two attached hydrogens (primary N) is 1. The zero-order valence-corrected chi connectivity index (χ0v) is 13.1. The van der Waals surface area contributed by atoms with Crippen LogP contribution in [0.15, 0.2) is 24.3 Å². The number of ether oxygens (including phenoxy) is 1. The third kappa shape index (κ3) is 3.05. The number of hydrogen-bond donors (Lipinski definition) is 1. The maximum atomic E-state index is 6.66. The fourth-order valence-electron chi connectivity index (χ4n) is 3.08. The molecule has 1 fully saturated rings. The van der Waals surface area contributed by atoms with E-state index >= 15 is 0 Å². The molecule has 0 aliphatic carbocycles. The van der Waals surface area contributed by atoms with Gasteiger partial charge in [-0.25, -0.2) is 0 Å². The lowest BCUT2D eigenvalue weighted by molar-refractivity contribution is -0.0277. The molecule has 20 heavy (non-hydrogen) atoms. The van der Waals surface area contributed by atoms with Crippen molar-refractivity contribution < 1.29 is 4.74 Å². The second kappa shape index (κ2) is 6.70. The first kappa shape index (κ1) is 15.5. The lowest BCUT2D eigenvalue weighted by Gasteiger charge is -2.46. The van der Waals surface area contributed by atoms with E-state index in [0.29, 0.717) is 0 Å². The van der Waals surface area contributed by atoms with Crippen molar-refractivity contribution in [2.75, 3.05) is 26.3 Å². The SMILES string of the molecule is CCc1cccc(C(N)C(C)(CC)N2CCOCC2)c1. The molecule has 3 heteroatoms. The minimum atomic E-state index is -0.00382. The monoisotopic (exact) mass is 276 g/mol. The second-order valence-electron chi connectivity index (χ2n) is 5.89. The van der Waals surface area contributed by atoms with Crippen LogP contribution in [0.4, 0.5) is 0 Å². The summed E-state index contributed by atoms with van der Waals surface area (Å²) in [5.74, 6) is 0. The van der Waals surface area contributed by atoms with Gasteiger partial charge in [0.05, 0.1) is 13.2 Å². The van der Waals surface area contributed by atoms with Crippen LogP contribution in [0.5, 0.6) is 0 Å². The van der Waals surface area contributed by atoms with Gasteiger partial charge in [-0.05, 0) is 30.9 Å². The lowest BCUT2D eigenvalue weighted by atomic mass is 9.82. The van der Waals surface area contributed by atoms with Crippen molar-refractivity contribution in [2.45, 2.75) is 45.2 Å². The highest BCUT2D eigenvalue weighted by Crippen LogP contribution is 2.33. The Labute approximate surface area is 123 Å². The summed E-state index contributed by atoms with van der Waals surface area (Å²) >= 11 is 0. The molecule has 3 nitrogen and oxygen atoms in total. The molecule has 2 rings (SSSR count). The summed E-state index contributed by atoms with van der Waals surface area (Å²) in [7, 11) is 0. The van der Waals surface area contributed by atoms with Gasteiger partial charge >= 0.3 is 0 Å². The molecule has 112 valence electrons. The summed E-state index contributed by atoms with van der Waals surface area (Å²) < 4.78 is 5.48. The van der Waals surface area contributed by atoms with Crippen LogP contribution in [0, 0.1) is 0 Å². The van der Waals surface area contributed by atoms with Gasteiger partial charge in [0.1, 0.15) is 0 Å². The predicted octanol–water partition coefficient (Wildman–Crippen LogP) is 2.75. The van der Waals surface area contributed by atoms with Crippen LogP contribution >= 0.6 is 0 Å². The molecule has 1 aliphatic heterocycles. The minimum absolute atomic E-state index is 0.00382. The molecule has 2 atom stereocenters. The van der Waals surface area contributed by atoms with E-state index in [-0.39, 0.29) is 11.6 Å². The van der Waals surface area contributed by atoms with Gasteiger partial charge in [-0.15, -0.1) is 0 Å². The fourth-order valence-corrected chi connectivity index (χ4v) is 3.08. The molecule has 1 aliphatic rings.